The van der Waals surface area contributed by atoms with Gasteiger partial charge in [0.15, 0.2) is 0 Å². The number of rotatable bonds is 8. The number of carbonyl (C=O) groups excluding carboxylic acids is 2. The molecule has 166 valence electrons. The van der Waals surface area contributed by atoms with Crippen LogP contribution >= 0.6 is 12.6 Å². The molecule has 1 saturated carbocycles. The van der Waals surface area contributed by atoms with E-state index in [-0.39, 0.29) is 18.2 Å². The molecule has 0 spiro atoms. The van der Waals surface area contributed by atoms with Gasteiger partial charge in [0.1, 0.15) is 11.6 Å². The number of carboxylic acid groups (broad SMARTS) is 1. The zero-order chi connectivity index (χ0) is 22.6. The fourth-order valence-corrected chi connectivity index (χ4v) is 4.25. The largest absolute Gasteiger partial charge is 0.480 e. The van der Waals surface area contributed by atoms with Gasteiger partial charge in [-0.25, -0.2) is 4.79 Å². The average Bonchev–Trinajstić information content (AvgIpc) is 3.22. The molecule has 31 heavy (non-hydrogen) atoms. The number of carbonyl (C=O) groups is 3. The summed E-state index contributed by atoms with van der Waals surface area (Å²) in [6, 6.07) is 12.4. The normalized spacial score (nSPS) is 17.3. The van der Waals surface area contributed by atoms with Crippen LogP contribution in [0.2, 0.25) is 0 Å². The fraction of sp³-hybridized carbons (Fsp3) is 0.458. The highest BCUT2D eigenvalue weighted by Gasteiger charge is 2.44. The lowest BCUT2D eigenvalue weighted by molar-refractivity contribution is -0.143. The van der Waals surface area contributed by atoms with Gasteiger partial charge < -0.3 is 15.7 Å². The molecule has 1 aliphatic rings. The SMILES string of the molecule is CC(C)[C@H](S)C(=O)NC1(C(=O)N[C@@H](Cc2cccc3ccccc23)C(=O)O)CCCC1. The van der Waals surface area contributed by atoms with E-state index in [4.69, 9.17) is 0 Å². The van der Waals surface area contributed by atoms with E-state index in [1.54, 1.807) is 0 Å². The van der Waals surface area contributed by atoms with E-state index in [9.17, 15) is 19.5 Å². The predicted molar refractivity (Wildman–Crippen MR) is 124 cm³/mol. The molecule has 0 aliphatic heterocycles. The molecule has 2 aromatic carbocycles. The minimum absolute atomic E-state index is 0.0166. The summed E-state index contributed by atoms with van der Waals surface area (Å²) in [5.74, 6) is -1.82. The first-order valence-electron chi connectivity index (χ1n) is 10.7. The molecule has 7 heteroatoms. The van der Waals surface area contributed by atoms with Crippen molar-refractivity contribution >= 4 is 41.2 Å². The Labute approximate surface area is 188 Å². The Kier molecular flexibility index (Phi) is 7.26. The van der Waals surface area contributed by atoms with Crippen molar-refractivity contribution in [2.24, 2.45) is 5.92 Å². The second kappa shape index (κ2) is 9.73. The van der Waals surface area contributed by atoms with E-state index < -0.39 is 28.7 Å². The highest BCUT2D eigenvalue weighted by atomic mass is 32.1. The maximum atomic E-state index is 13.2. The van der Waals surface area contributed by atoms with Gasteiger partial charge in [0, 0.05) is 6.42 Å². The number of aliphatic carboxylic acids is 1. The average molecular weight is 443 g/mol. The topological polar surface area (TPSA) is 95.5 Å². The first kappa shape index (κ1) is 23.1. The molecule has 0 aromatic heterocycles. The van der Waals surface area contributed by atoms with Crippen LogP contribution in [0.1, 0.15) is 45.1 Å². The third-order valence-electron chi connectivity index (χ3n) is 6.06. The Morgan fingerprint density at radius 3 is 2.35 bits per heavy atom. The molecule has 2 atom stereocenters. The number of amides is 2. The minimum atomic E-state index is -1.10. The maximum absolute atomic E-state index is 13.2. The molecule has 2 aromatic rings. The summed E-state index contributed by atoms with van der Waals surface area (Å²) in [6.07, 6.45) is 2.74. The van der Waals surface area contributed by atoms with E-state index in [1.807, 2.05) is 56.3 Å². The zero-order valence-corrected chi connectivity index (χ0v) is 18.8. The number of hydrogen-bond donors (Lipinski definition) is 4. The summed E-state index contributed by atoms with van der Waals surface area (Å²) in [7, 11) is 0. The molecule has 0 bridgehead atoms. The Hall–Kier alpha value is -2.54. The van der Waals surface area contributed by atoms with Crippen LogP contribution in [0.4, 0.5) is 0 Å². The predicted octanol–water partition coefficient (Wildman–Crippen LogP) is 3.34. The molecular weight excluding hydrogens is 412 g/mol. The quantitative estimate of drug-likeness (QED) is 0.472. The van der Waals surface area contributed by atoms with Crippen molar-refractivity contribution < 1.29 is 19.5 Å². The molecule has 3 N–H and O–H groups in total. The molecule has 0 heterocycles. The Morgan fingerprint density at radius 2 is 1.71 bits per heavy atom. The summed E-state index contributed by atoms with van der Waals surface area (Å²) in [4.78, 5) is 37.9. The second-order valence-electron chi connectivity index (χ2n) is 8.67. The highest BCUT2D eigenvalue weighted by molar-refractivity contribution is 7.81. The van der Waals surface area contributed by atoms with Crippen LogP contribution < -0.4 is 10.6 Å². The van der Waals surface area contributed by atoms with Gasteiger partial charge in [-0.05, 0) is 35.1 Å². The van der Waals surface area contributed by atoms with Gasteiger partial charge >= 0.3 is 5.97 Å². The maximum Gasteiger partial charge on any atom is 0.326 e. The first-order valence-corrected chi connectivity index (χ1v) is 11.3. The minimum Gasteiger partial charge on any atom is -0.480 e. The van der Waals surface area contributed by atoms with Gasteiger partial charge in [-0.15, -0.1) is 0 Å². The lowest BCUT2D eigenvalue weighted by Gasteiger charge is -2.32. The van der Waals surface area contributed by atoms with Crippen molar-refractivity contribution in [1.82, 2.24) is 10.6 Å². The standard InChI is InChI=1S/C24H30N2O4S/c1-15(2)20(31)21(27)26-24(12-5-6-13-24)23(30)25-19(22(28)29)14-17-10-7-9-16-8-3-4-11-18(16)17/h3-4,7-11,15,19-20,31H,5-6,12-14H2,1-2H3,(H,25,30)(H,26,27)(H,28,29)/t19-,20-/m0/s1. The number of nitrogens with one attached hydrogen (secondary N) is 2. The van der Waals surface area contributed by atoms with E-state index in [0.717, 1.165) is 29.2 Å². The number of benzene rings is 2. The van der Waals surface area contributed by atoms with Gasteiger partial charge in [-0.1, -0.05) is 69.2 Å². The smallest absolute Gasteiger partial charge is 0.326 e. The molecule has 1 fully saturated rings. The van der Waals surface area contributed by atoms with E-state index in [1.165, 1.54) is 0 Å². The molecule has 2 amide bonds. The molecule has 0 saturated heterocycles. The van der Waals surface area contributed by atoms with E-state index in [2.05, 4.69) is 23.3 Å². The lowest BCUT2D eigenvalue weighted by Crippen LogP contribution is -2.61. The molecule has 3 rings (SSSR count). The van der Waals surface area contributed by atoms with Crippen LogP contribution in [0.5, 0.6) is 0 Å². The molecule has 6 nitrogen and oxygen atoms in total. The van der Waals surface area contributed by atoms with Gasteiger partial charge in [-0.3, -0.25) is 9.59 Å². The fourth-order valence-electron chi connectivity index (χ4n) is 4.19. The summed E-state index contributed by atoms with van der Waals surface area (Å²) in [5.41, 5.74) is -0.232. The summed E-state index contributed by atoms with van der Waals surface area (Å²) in [6.45, 7) is 3.78. The number of carboxylic acids is 1. The monoisotopic (exact) mass is 442 g/mol. The van der Waals surface area contributed by atoms with Crippen molar-refractivity contribution in [3.63, 3.8) is 0 Å². The number of hydrogen-bond acceptors (Lipinski definition) is 4. The zero-order valence-electron chi connectivity index (χ0n) is 17.9. The molecule has 0 unspecified atom stereocenters. The van der Waals surface area contributed by atoms with Gasteiger partial charge in [0.2, 0.25) is 11.8 Å². The highest BCUT2D eigenvalue weighted by Crippen LogP contribution is 2.31. The van der Waals surface area contributed by atoms with Crippen LogP contribution in [0.15, 0.2) is 42.5 Å². The number of thiol groups is 1. The Bertz CT molecular complexity index is 964. The Balaban J connectivity index is 1.80. The van der Waals surface area contributed by atoms with Crippen molar-refractivity contribution in [2.45, 2.75) is 62.8 Å². The molecular formula is C24H30N2O4S. The van der Waals surface area contributed by atoms with E-state index >= 15 is 0 Å². The van der Waals surface area contributed by atoms with Crippen LogP contribution in [-0.4, -0.2) is 39.7 Å². The second-order valence-corrected chi connectivity index (χ2v) is 9.23. The molecule has 0 radical (unpaired) electrons. The lowest BCUT2D eigenvalue weighted by atomic mass is 9.93. The van der Waals surface area contributed by atoms with Crippen molar-refractivity contribution in [3.05, 3.63) is 48.0 Å². The molecule has 1 aliphatic carbocycles. The number of fused-ring (bicyclic) bond motifs is 1. The van der Waals surface area contributed by atoms with Gasteiger partial charge in [0.05, 0.1) is 5.25 Å². The van der Waals surface area contributed by atoms with Crippen LogP contribution in [0.3, 0.4) is 0 Å². The van der Waals surface area contributed by atoms with E-state index in [0.29, 0.717) is 12.8 Å². The Morgan fingerprint density at radius 1 is 1.06 bits per heavy atom. The van der Waals surface area contributed by atoms with Gasteiger partial charge in [0.25, 0.3) is 0 Å². The van der Waals surface area contributed by atoms with Crippen molar-refractivity contribution in [2.75, 3.05) is 0 Å². The van der Waals surface area contributed by atoms with Crippen molar-refractivity contribution in [3.8, 4) is 0 Å². The summed E-state index contributed by atoms with van der Waals surface area (Å²) >= 11 is 4.36. The van der Waals surface area contributed by atoms with Crippen LogP contribution in [0.25, 0.3) is 10.8 Å². The summed E-state index contributed by atoms with van der Waals surface area (Å²) < 4.78 is 0. The van der Waals surface area contributed by atoms with Crippen molar-refractivity contribution in [1.29, 1.82) is 0 Å². The van der Waals surface area contributed by atoms with Crippen LogP contribution in [0, 0.1) is 5.92 Å². The first-order chi connectivity index (χ1) is 14.7. The summed E-state index contributed by atoms with van der Waals surface area (Å²) in [5, 5.41) is 16.9. The van der Waals surface area contributed by atoms with Crippen LogP contribution in [-0.2, 0) is 20.8 Å². The third kappa shape index (κ3) is 5.21. The third-order valence-corrected chi connectivity index (χ3v) is 6.89. The van der Waals surface area contributed by atoms with Gasteiger partial charge in [-0.2, -0.15) is 12.6 Å².